The summed E-state index contributed by atoms with van der Waals surface area (Å²) >= 11 is -1.93. The first-order valence-electron chi connectivity index (χ1n) is 9.84. The Morgan fingerprint density at radius 3 is 2.14 bits per heavy atom. The van der Waals surface area contributed by atoms with Crippen LogP contribution >= 0.6 is 0 Å². The SMILES string of the molecule is C[C]1([Pt]([CH3])([CH3])[CH2][Si](C)(C)C)C=CC(c2cc3ccccc3c3ccccc23)=C1. The van der Waals surface area contributed by atoms with Crippen LogP contribution in [0.3, 0.4) is 0 Å². The van der Waals surface area contributed by atoms with Crippen LogP contribution < -0.4 is 0 Å². The molecule has 0 aromatic heterocycles. The molecule has 0 saturated heterocycles. The molecule has 0 heterocycles. The first kappa shape index (κ1) is 19.9. The Kier molecular flexibility index (Phi) is 4.84. The third kappa shape index (κ3) is 3.48. The fourth-order valence-corrected chi connectivity index (χ4v) is 29.4. The van der Waals surface area contributed by atoms with E-state index >= 15 is 0 Å². The summed E-state index contributed by atoms with van der Waals surface area (Å²) in [6.07, 6.45) is 7.55. The van der Waals surface area contributed by atoms with Gasteiger partial charge in [-0.1, -0.05) is 0 Å². The monoisotopic (exact) mass is 567 g/mol. The van der Waals surface area contributed by atoms with Crippen molar-refractivity contribution in [1.29, 1.82) is 0 Å². The zero-order valence-corrected chi connectivity index (χ0v) is 21.2. The van der Waals surface area contributed by atoms with Crippen LogP contribution in [0.25, 0.3) is 27.1 Å². The standard InChI is InChI=1S/C20H15.C4H11Si.2CH3.Pt/c1-14-10-11-16(12-14)20-13-15-6-2-3-7-17(15)18-8-4-5-9-19(18)20;1-5(2,3)4;;;/h2-13H,1H3;1H2,2-4H3;2*1H3;. The van der Waals surface area contributed by atoms with Crippen LogP contribution in [0.5, 0.6) is 0 Å². The van der Waals surface area contributed by atoms with Crippen molar-refractivity contribution < 1.29 is 16.1 Å². The minimum atomic E-state index is -1.93. The van der Waals surface area contributed by atoms with E-state index in [0.29, 0.717) is 0 Å². The molecule has 0 spiro atoms. The molecule has 0 bridgehead atoms. The van der Waals surface area contributed by atoms with E-state index in [1.807, 2.05) is 0 Å². The fraction of sp³-hybridized carbons (Fsp3) is 0.308. The summed E-state index contributed by atoms with van der Waals surface area (Å²) in [4.78, 5) is 0. The Morgan fingerprint density at radius 2 is 1.46 bits per heavy atom. The number of benzene rings is 3. The Labute approximate surface area is 174 Å². The Bertz CT molecular complexity index is 1110. The molecule has 2 heteroatoms. The molecule has 0 radical (unpaired) electrons. The van der Waals surface area contributed by atoms with Crippen LogP contribution in [0.4, 0.5) is 0 Å². The second kappa shape index (κ2) is 6.82. The Balaban J connectivity index is 1.87. The summed E-state index contributed by atoms with van der Waals surface area (Å²) in [6.45, 7) is 10.1. The molecular weight excluding hydrogens is 535 g/mol. The molecule has 1 unspecified atom stereocenters. The topological polar surface area (TPSA) is 0 Å². The van der Waals surface area contributed by atoms with Crippen molar-refractivity contribution in [3.8, 4) is 0 Å². The molecule has 150 valence electrons. The maximum atomic E-state index is 2.63. The predicted octanol–water partition coefficient (Wildman–Crippen LogP) is 8.67. The fourth-order valence-electron chi connectivity index (χ4n) is 4.32. The molecular formula is C26H32PtSi. The van der Waals surface area contributed by atoms with Gasteiger partial charge in [0.15, 0.2) is 0 Å². The number of allylic oxidation sites excluding steroid dienone is 4. The molecule has 0 amide bonds. The molecule has 1 aliphatic carbocycles. The van der Waals surface area contributed by atoms with Crippen LogP contribution in [0.15, 0.2) is 72.8 Å². The van der Waals surface area contributed by atoms with Crippen molar-refractivity contribution in [3.05, 3.63) is 78.4 Å². The van der Waals surface area contributed by atoms with Gasteiger partial charge in [-0.05, 0) is 0 Å². The van der Waals surface area contributed by atoms with E-state index in [0.717, 1.165) is 0 Å². The zero-order valence-electron chi connectivity index (χ0n) is 18.0. The van der Waals surface area contributed by atoms with Gasteiger partial charge in [0.05, 0.1) is 0 Å². The Hall–Kier alpha value is -1.43. The summed E-state index contributed by atoms with van der Waals surface area (Å²) in [7, 11) is -1.07. The molecule has 28 heavy (non-hydrogen) atoms. The molecule has 0 saturated carbocycles. The number of rotatable bonds is 4. The summed E-state index contributed by atoms with van der Waals surface area (Å²) in [5.74, 6) is 0. The second-order valence-electron chi connectivity index (χ2n) is 9.57. The van der Waals surface area contributed by atoms with Crippen LogP contribution in [0.2, 0.25) is 38.5 Å². The maximum absolute atomic E-state index is 2.63. The molecule has 0 nitrogen and oxygen atoms in total. The molecule has 1 aliphatic rings. The molecule has 1 atom stereocenters. The van der Waals surface area contributed by atoms with E-state index in [1.54, 1.807) is 0 Å². The van der Waals surface area contributed by atoms with Gasteiger partial charge in [-0.25, -0.2) is 0 Å². The van der Waals surface area contributed by atoms with Crippen molar-refractivity contribution in [1.82, 2.24) is 0 Å². The average Bonchev–Trinajstić information content (AvgIpc) is 3.03. The van der Waals surface area contributed by atoms with Crippen molar-refractivity contribution in [2.75, 3.05) is 0 Å². The van der Waals surface area contributed by atoms with Crippen LogP contribution in [0, 0.1) is 0 Å². The second-order valence-corrected chi connectivity index (χ2v) is 28.3. The van der Waals surface area contributed by atoms with Gasteiger partial charge in [-0.15, -0.1) is 0 Å². The normalized spacial score (nSPS) is 20.7. The summed E-state index contributed by atoms with van der Waals surface area (Å²) in [5, 5.41) is 10.7. The molecule has 4 rings (SSSR count). The first-order chi connectivity index (χ1) is 13.1. The summed E-state index contributed by atoms with van der Waals surface area (Å²) in [6, 6.07) is 20.1. The van der Waals surface area contributed by atoms with Gasteiger partial charge in [-0.2, -0.15) is 0 Å². The molecule has 0 aliphatic heterocycles. The zero-order chi connectivity index (χ0) is 20.2. The van der Waals surface area contributed by atoms with Crippen molar-refractivity contribution in [2.45, 2.75) is 45.4 Å². The van der Waals surface area contributed by atoms with Crippen molar-refractivity contribution >= 4 is 35.2 Å². The van der Waals surface area contributed by atoms with Gasteiger partial charge in [0.1, 0.15) is 0 Å². The van der Waals surface area contributed by atoms with E-state index < -0.39 is 24.1 Å². The molecule has 0 N–H and O–H groups in total. The van der Waals surface area contributed by atoms with E-state index in [9.17, 15) is 0 Å². The molecule has 0 fully saturated rings. The van der Waals surface area contributed by atoms with Gasteiger partial charge in [-0.3, -0.25) is 0 Å². The van der Waals surface area contributed by atoms with E-state index in [4.69, 9.17) is 0 Å². The van der Waals surface area contributed by atoms with Gasteiger partial charge < -0.3 is 0 Å². The van der Waals surface area contributed by atoms with Gasteiger partial charge in [0.25, 0.3) is 0 Å². The Morgan fingerprint density at radius 1 is 0.857 bits per heavy atom. The molecule has 3 aromatic carbocycles. The first-order valence-corrected chi connectivity index (χ1v) is 20.8. The predicted molar refractivity (Wildman–Crippen MR) is 127 cm³/mol. The summed E-state index contributed by atoms with van der Waals surface area (Å²) < 4.78 is 1.78. The van der Waals surface area contributed by atoms with Crippen molar-refractivity contribution in [2.24, 2.45) is 0 Å². The van der Waals surface area contributed by atoms with E-state index in [1.165, 1.54) is 37.1 Å². The van der Waals surface area contributed by atoms with Gasteiger partial charge in [0.2, 0.25) is 0 Å². The van der Waals surface area contributed by atoms with Crippen LogP contribution in [-0.4, -0.2) is 8.07 Å². The van der Waals surface area contributed by atoms with Crippen molar-refractivity contribution in [3.63, 3.8) is 0 Å². The van der Waals surface area contributed by atoms with E-state index in [-0.39, 0.29) is 3.80 Å². The third-order valence-corrected chi connectivity index (χ3v) is 27.4. The number of hydrogen-bond donors (Lipinski definition) is 0. The van der Waals surface area contributed by atoms with E-state index in [2.05, 4.69) is 110 Å². The number of fused-ring (bicyclic) bond motifs is 3. The third-order valence-electron chi connectivity index (χ3n) is 5.62. The minimum absolute atomic E-state index is 0.273. The van der Waals surface area contributed by atoms with Crippen LogP contribution in [-0.2, 0) is 16.1 Å². The van der Waals surface area contributed by atoms with Gasteiger partial charge in [0, 0.05) is 0 Å². The quantitative estimate of drug-likeness (QED) is 0.219. The average molecular weight is 568 g/mol. The molecule has 3 aromatic rings. The van der Waals surface area contributed by atoms with Crippen LogP contribution in [0.1, 0.15) is 12.5 Å². The van der Waals surface area contributed by atoms with Gasteiger partial charge >= 0.3 is 175 Å². The summed E-state index contributed by atoms with van der Waals surface area (Å²) in [5.41, 5.74) is 2.80. The number of hydrogen-bond acceptors (Lipinski definition) is 0.